The largest absolute Gasteiger partial charge is 0.351 e. The van der Waals surface area contributed by atoms with Crippen LogP contribution in [-0.4, -0.2) is 34.7 Å². The Morgan fingerprint density at radius 2 is 2.25 bits per heavy atom. The third-order valence-electron chi connectivity index (χ3n) is 2.67. The normalized spacial score (nSPS) is 13.0. The van der Waals surface area contributed by atoms with Gasteiger partial charge in [0.1, 0.15) is 0 Å². The van der Waals surface area contributed by atoms with Gasteiger partial charge in [0.15, 0.2) is 0 Å². The number of benzene rings is 1. The molecule has 0 saturated carbocycles. The molecular weight excluding hydrogens is 296 g/mol. The topological polar surface area (TPSA) is 72.2 Å². The standard InChI is InChI=1S/C14H17ClN2O2S/c1-10(20(2)19)9-17-14(18)12-6-5-11(4-3-7-16)13(15)8-12/h5-6,8,10H,7,9,16H2,1-2H3,(H,17,18). The van der Waals surface area contributed by atoms with Crippen LogP contribution in [0.5, 0.6) is 0 Å². The molecule has 2 unspecified atom stereocenters. The third-order valence-corrected chi connectivity index (χ3v) is 4.29. The quantitative estimate of drug-likeness (QED) is 0.819. The first kappa shape index (κ1) is 16.7. The Hall–Kier alpha value is -1.35. The highest BCUT2D eigenvalue weighted by molar-refractivity contribution is 7.84. The summed E-state index contributed by atoms with van der Waals surface area (Å²) >= 11 is 6.05. The van der Waals surface area contributed by atoms with E-state index >= 15 is 0 Å². The van der Waals surface area contributed by atoms with Gasteiger partial charge in [-0.3, -0.25) is 9.00 Å². The van der Waals surface area contributed by atoms with E-state index in [2.05, 4.69) is 17.2 Å². The zero-order valence-electron chi connectivity index (χ0n) is 11.4. The number of hydrogen-bond acceptors (Lipinski definition) is 3. The summed E-state index contributed by atoms with van der Waals surface area (Å²) < 4.78 is 11.2. The van der Waals surface area contributed by atoms with E-state index in [1.807, 2.05) is 6.92 Å². The molecule has 0 bridgehead atoms. The molecule has 0 saturated heterocycles. The number of rotatable bonds is 4. The third kappa shape index (κ3) is 4.97. The molecule has 0 heterocycles. The maximum Gasteiger partial charge on any atom is 0.251 e. The zero-order chi connectivity index (χ0) is 15.1. The Morgan fingerprint density at radius 1 is 1.55 bits per heavy atom. The Kier molecular flexibility index (Phi) is 6.73. The van der Waals surface area contributed by atoms with Crippen LogP contribution in [0.25, 0.3) is 0 Å². The number of nitrogens with one attached hydrogen (secondary N) is 1. The summed E-state index contributed by atoms with van der Waals surface area (Å²) in [6.45, 7) is 2.42. The van der Waals surface area contributed by atoms with Crippen molar-refractivity contribution in [1.82, 2.24) is 5.32 Å². The van der Waals surface area contributed by atoms with Crippen molar-refractivity contribution < 1.29 is 9.00 Å². The Balaban J connectivity index is 2.75. The lowest BCUT2D eigenvalue weighted by Crippen LogP contribution is -2.32. The van der Waals surface area contributed by atoms with Crippen LogP contribution in [0.1, 0.15) is 22.8 Å². The fourth-order valence-corrected chi connectivity index (χ4v) is 1.91. The summed E-state index contributed by atoms with van der Waals surface area (Å²) in [5.41, 5.74) is 6.37. The number of nitrogens with two attached hydrogens (primary N) is 1. The molecule has 108 valence electrons. The van der Waals surface area contributed by atoms with E-state index < -0.39 is 10.8 Å². The van der Waals surface area contributed by atoms with Gasteiger partial charge < -0.3 is 11.1 Å². The Bertz CT molecular complexity index is 578. The smallest absolute Gasteiger partial charge is 0.251 e. The summed E-state index contributed by atoms with van der Waals surface area (Å²) in [4.78, 5) is 11.9. The average molecular weight is 313 g/mol. The number of amides is 1. The summed E-state index contributed by atoms with van der Waals surface area (Å²) in [7, 11) is -0.966. The fraction of sp³-hybridized carbons (Fsp3) is 0.357. The molecular formula is C14H17ClN2O2S. The van der Waals surface area contributed by atoms with E-state index in [0.717, 1.165) is 0 Å². The van der Waals surface area contributed by atoms with Crippen LogP contribution in [0.4, 0.5) is 0 Å². The van der Waals surface area contributed by atoms with Gasteiger partial charge in [-0.1, -0.05) is 23.4 Å². The van der Waals surface area contributed by atoms with E-state index in [1.165, 1.54) is 0 Å². The highest BCUT2D eigenvalue weighted by atomic mass is 35.5. The molecule has 0 aliphatic carbocycles. The number of halogens is 1. The average Bonchev–Trinajstić information content (AvgIpc) is 2.42. The van der Waals surface area contributed by atoms with Crippen molar-refractivity contribution >= 4 is 28.3 Å². The molecule has 0 fully saturated rings. The molecule has 0 spiro atoms. The minimum atomic E-state index is -0.966. The fourth-order valence-electron chi connectivity index (χ4n) is 1.36. The molecule has 2 atom stereocenters. The van der Waals surface area contributed by atoms with Crippen molar-refractivity contribution in [3.05, 3.63) is 34.3 Å². The van der Waals surface area contributed by atoms with Gasteiger partial charge in [0, 0.05) is 40.0 Å². The summed E-state index contributed by atoms with van der Waals surface area (Å²) in [5, 5.41) is 3.04. The van der Waals surface area contributed by atoms with Gasteiger partial charge in [0.05, 0.1) is 11.6 Å². The Morgan fingerprint density at radius 3 is 2.80 bits per heavy atom. The molecule has 6 heteroatoms. The van der Waals surface area contributed by atoms with Gasteiger partial charge in [0.2, 0.25) is 0 Å². The van der Waals surface area contributed by atoms with Gasteiger partial charge in [-0.05, 0) is 25.1 Å². The van der Waals surface area contributed by atoms with E-state index in [4.69, 9.17) is 17.3 Å². The molecule has 3 N–H and O–H groups in total. The molecule has 1 amide bonds. The molecule has 1 rings (SSSR count). The van der Waals surface area contributed by atoms with Gasteiger partial charge in [-0.15, -0.1) is 0 Å². The number of carbonyl (C=O) groups is 1. The van der Waals surface area contributed by atoms with Crippen LogP contribution in [0.3, 0.4) is 0 Å². The first-order valence-electron chi connectivity index (χ1n) is 6.04. The Labute approximate surface area is 126 Å². The number of carbonyl (C=O) groups excluding carboxylic acids is 1. The van der Waals surface area contributed by atoms with E-state index in [1.54, 1.807) is 24.5 Å². The first-order chi connectivity index (χ1) is 9.45. The second kappa shape index (κ2) is 8.05. The molecule has 0 aliphatic heterocycles. The van der Waals surface area contributed by atoms with Gasteiger partial charge in [0.25, 0.3) is 5.91 Å². The van der Waals surface area contributed by atoms with Crippen LogP contribution in [0.2, 0.25) is 5.02 Å². The van der Waals surface area contributed by atoms with Gasteiger partial charge in [-0.25, -0.2) is 0 Å². The van der Waals surface area contributed by atoms with Crippen molar-refractivity contribution in [3.63, 3.8) is 0 Å². The lowest BCUT2D eigenvalue weighted by atomic mass is 10.1. The lowest BCUT2D eigenvalue weighted by molar-refractivity contribution is 0.0954. The van der Waals surface area contributed by atoms with Crippen LogP contribution in [-0.2, 0) is 10.8 Å². The zero-order valence-corrected chi connectivity index (χ0v) is 13.0. The molecule has 0 radical (unpaired) electrons. The number of hydrogen-bond donors (Lipinski definition) is 2. The summed E-state index contributed by atoms with van der Waals surface area (Å²) in [6.07, 6.45) is 1.61. The van der Waals surface area contributed by atoms with E-state index in [-0.39, 0.29) is 17.7 Å². The predicted octanol–water partition coefficient (Wildman–Crippen LogP) is 1.15. The van der Waals surface area contributed by atoms with Crippen LogP contribution in [0, 0.1) is 11.8 Å². The predicted molar refractivity (Wildman–Crippen MR) is 83.2 cm³/mol. The maximum absolute atomic E-state index is 11.9. The maximum atomic E-state index is 11.9. The molecule has 0 aliphatic rings. The molecule has 1 aromatic carbocycles. The van der Waals surface area contributed by atoms with Crippen LogP contribution < -0.4 is 11.1 Å². The molecule has 1 aromatic rings. The minimum absolute atomic E-state index is 0.0934. The van der Waals surface area contributed by atoms with Crippen LogP contribution in [0.15, 0.2) is 18.2 Å². The van der Waals surface area contributed by atoms with Crippen molar-refractivity contribution in [2.75, 3.05) is 19.3 Å². The second-order valence-corrected chi connectivity index (χ2v) is 6.43. The lowest BCUT2D eigenvalue weighted by Gasteiger charge is -2.10. The van der Waals surface area contributed by atoms with Gasteiger partial charge >= 0.3 is 0 Å². The van der Waals surface area contributed by atoms with Crippen molar-refractivity contribution in [1.29, 1.82) is 0 Å². The van der Waals surface area contributed by atoms with Crippen molar-refractivity contribution in [2.24, 2.45) is 5.73 Å². The van der Waals surface area contributed by atoms with Crippen molar-refractivity contribution in [2.45, 2.75) is 12.2 Å². The SMILES string of the molecule is CC(CNC(=O)c1ccc(C#CCN)c(Cl)c1)S(C)=O. The van der Waals surface area contributed by atoms with E-state index in [0.29, 0.717) is 22.7 Å². The summed E-state index contributed by atoms with van der Waals surface area (Å²) in [5.74, 6) is 5.28. The minimum Gasteiger partial charge on any atom is -0.351 e. The second-order valence-electron chi connectivity index (χ2n) is 4.22. The molecule has 20 heavy (non-hydrogen) atoms. The van der Waals surface area contributed by atoms with Crippen LogP contribution >= 0.6 is 11.6 Å². The molecule has 0 aromatic heterocycles. The van der Waals surface area contributed by atoms with Gasteiger partial charge in [-0.2, -0.15) is 0 Å². The highest BCUT2D eigenvalue weighted by Gasteiger charge is 2.11. The summed E-state index contributed by atoms with van der Waals surface area (Å²) in [6, 6.07) is 4.89. The van der Waals surface area contributed by atoms with E-state index in [9.17, 15) is 9.00 Å². The first-order valence-corrected chi connectivity index (χ1v) is 8.04. The van der Waals surface area contributed by atoms with Crippen molar-refractivity contribution in [3.8, 4) is 11.8 Å². The molecule has 4 nitrogen and oxygen atoms in total. The highest BCUT2D eigenvalue weighted by Crippen LogP contribution is 2.17. The monoisotopic (exact) mass is 312 g/mol.